The average molecular weight is 447 g/mol. The maximum atomic E-state index is 13.3. The summed E-state index contributed by atoms with van der Waals surface area (Å²) in [6.07, 6.45) is 3.04. The number of H-pyrrole nitrogens is 1. The molecule has 0 saturated heterocycles. The van der Waals surface area contributed by atoms with Crippen molar-refractivity contribution in [2.45, 2.75) is 53.9 Å². The van der Waals surface area contributed by atoms with E-state index in [1.807, 2.05) is 12.1 Å². The second-order valence-corrected chi connectivity index (χ2v) is 8.23. The van der Waals surface area contributed by atoms with E-state index in [4.69, 9.17) is 14.5 Å². The topological polar surface area (TPSA) is 64.2 Å². The summed E-state index contributed by atoms with van der Waals surface area (Å²) >= 11 is 0. The number of methoxy groups -OCH3 is 2. The summed E-state index contributed by atoms with van der Waals surface area (Å²) in [6, 6.07) is 12.4. The van der Waals surface area contributed by atoms with Gasteiger partial charge in [-0.15, -0.1) is 0 Å². The van der Waals surface area contributed by atoms with Crippen LogP contribution >= 0.6 is 0 Å². The average Bonchev–Trinajstić information content (AvgIpc) is 2.80. The molecule has 0 aliphatic rings. The summed E-state index contributed by atoms with van der Waals surface area (Å²) in [5.74, 6) is 1.28. The molecule has 0 fully saturated rings. The summed E-state index contributed by atoms with van der Waals surface area (Å²) in [7, 11) is 3.25. The molecule has 5 nitrogen and oxygen atoms in total. The van der Waals surface area contributed by atoms with Crippen molar-refractivity contribution in [2.75, 3.05) is 14.2 Å². The number of nitrogens with one attached hydrogen (secondary N) is 1. The fraction of sp³-hybridized carbons (Fsp3) is 0.357. The summed E-state index contributed by atoms with van der Waals surface area (Å²) in [5, 5.41) is 3.00. The van der Waals surface area contributed by atoms with Crippen LogP contribution in [0.2, 0.25) is 0 Å². The number of ether oxygens (including phenoxy) is 2. The molecule has 2 aromatic carbocycles. The molecule has 0 aliphatic carbocycles. The highest BCUT2D eigenvalue weighted by Crippen LogP contribution is 2.35. The number of aromatic nitrogens is 2. The Morgan fingerprint density at radius 1 is 0.970 bits per heavy atom. The lowest BCUT2D eigenvalue weighted by Gasteiger charge is -2.16. The Kier molecular flexibility index (Phi) is 7.42. The third-order valence-electron chi connectivity index (χ3n) is 6.05. The van der Waals surface area contributed by atoms with Gasteiger partial charge in [-0.3, -0.25) is 9.78 Å². The molecule has 0 saturated carbocycles. The Hall–Kier alpha value is -3.34. The number of hydrogen-bond donors (Lipinski definition) is 1. The molecule has 5 heteroatoms. The first-order valence-corrected chi connectivity index (χ1v) is 11.2. The zero-order valence-corrected chi connectivity index (χ0v) is 19.5. The van der Waals surface area contributed by atoms with Crippen LogP contribution < -0.4 is 15.0 Å². The van der Waals surface area contributed by atoms with Gasteiger partial charge in [0.1, 0.15) is 0 Å². The SMILES string of the molecule is C.CCCc1[nH]c(=O)c(Cc2cc3cc(C)ccc3nc2CC)c2cc(OC)c(OC)cc12. The van der Waals surface area contributed by atoms with Crippen LogP contribution in [0.5, 0.6) is 11.5 Å². The van der Waals surface area contributed by atoms with Crippen LogP contribution in [0, 0.1) is 6.92 Å². The predicted octanol–water partition coefficient (Wildman–Crippen LogP) is 6.14. The van der Waals surface area contributed by atoms with Gasteiger partial charge in [-0.2, -0.15) is 0 Å². The molecule has 0 radical (unpaired) electrons. The van der Waals surface area contributed by atoms with Gasteiger partial charge in [-0.1, -0.05) is 39.3 Å². The van der Waals surface area contributed by atoms with E-state index in [2.05, 4.69) is 50.0 Å². The molecule has 33 heavy (non-hydrogen) atoms. The van der Waals surface area contributed by atoms with Crippen molar-refractivity contribution in [1.29, 1.82) is 0 Å². The molecule has 0 atom stereocenters. The minimum atomic E-state index is -0.0560. The largest absolute Gasteiger partial charge is 0.493 e. The van der Waals surface area contributed by atoms with Crippen LogP contribution in [0.4, 0.5) is 0 Å². The Morgan fingerprint density at radius 3 is 2.30 bits per heavy atom. The van der Waals surface area contributed by atoms with Gasteiger partial charge < -0.3 is 14.5 Å². The number of aromatic amines is 1. The molecule has 2 heterocycles. The molecule has 0 amide bonds. The van der Waals surface area contributed by atoms with E-state index in [-0.39, 0.29) is 13.0 Å². The van der Waals surface area contributed by atoms with Crippen LogP contribution in [-0.4, -0.2) is 24.2 Å². The molecular weight excluding hydrogens is 412 g/mol. The van der Waals surface area contributed by atoms with E-state index in [0.29, 0.717) is 17.9 Å². The smallest absolute Gasteiger partial charge is 0.252 e. The second kappa shape index (κ2) is 10.1. The molecule has 0 aliphatic heterocycles. The minimum Gasteiger partial charge on any atom is -0.493 e. The Morgan fingerprint density at radius 2 is 1.67 bits per heavy atom. The van der Waals surface area contributed by atoms with Crippen molar-refractivity contribution in [2.24, 2.45) is 0 Å². The third kappa shape index (κ3) is 4.58. The zero-order valence-electron chi connectivity index (χ0n) is 19.5. The predicted molar refractivity (Wildman–Crippen MR) is 137 cm³/mol. The first-order valence-electron chi connectivity index (χ1n) is 11.2. The lowest BCUT2D eigenvalue weighted by molar-refractivity contribution is 0.356. The molecule has 2 aromatic heterocycles. The van der Waals surface area contributed by atoms with Gasteiger partial charge in [0.25, 0.3) is 5.56 Å². The van der Waals surface area contributed by atoms with Gasteiger partial charge >= 0.3 is 0 Å². The van der Waals surface area contributed by atoms with Crippen molar-refractivity contribution in [1.82, 2.24) is 9.97 Å². The monoisotopic (exact) mass is 446 g/mol. The van der Waals surface area contributed by atoms with E-state index < -0.39 is 0 Å². The van der Waals surface area contributed by atoms with Gasteiger partial charge in [-0.05, 0) is 61.0 Å². The van der Waals surface area contributed by atoms with Gasteiger partial charge in [0.15, 0.2) is 11.5 Å². The fourth-order valence-corrected chi connectivity index (χ4v) is 4.43. The number of nitrogens with zero attached hydrogens (tertiary/aromatic N) is 1. The Labute approximate surface area is 195 Å². The summed E-state index contributed by atoms with van der Waals surface area (Å²) < 4.78 is 11.1. The van der Waals surface area contributed by atoms with E-state index >= 15 is 0 Å². The van der Waals surface area contributed by atoms with E-state index in [9.17, 15) is 4.79 Å². The van der Waals surface area contributed by atoms with Gasteiger partial charge in [0, 0.05) is 34.1 Å². The minimum absolute atomic E-state index is 0. The maximum absolute atomic E-state index is 13.3. The van der Waals surface area contributed by atoms with E-state index in [0.717, 1.165) is 63.5 Å². The quantitative estimate of drug-likeness (QED) is 0.370. The number of rotatable bonds is 7. The number of aryl methyl sites for hydroxylation is 3. The second-order valence-electron chi connectivity index (χ2n) is 8.23. The summed E-state index contributed by atoms with van der Waals surface area (Å²) in [5.41, 5.74) is 5.88. The molecule has 1 N–H and O–H groups in total. The summed E-state index contributed by atoms with van der Waals surface area (Å²) in [6.45, 7) is 6.29. The Balaban J connectivity index is 0.00000306. The normalized spacial score (nSPS) is 10.9. The van der Waals surface area contributed by atoms with Crippen LogP contribution in [0.25, 0.3) is 21.7 Å². The lowest BCUT2D eigenvalue weighted by Crippen LogP contribution is -2.17. The van der Waals surface area contributed by atoms with Crippen molar-refractivity contribution in [3.05, 3.63) is 74.8 Å². The third-order valence-corrected chi connectivity index (χ3v) is 6.05. The highest BCUT2D eigenvalue weighted by atomic mass is 16.5. The highest BCUT2D eigenvalue weighted by molar-refractivity contribution is 5.91. The van der Waals surface area contributed by atoms with Crippen LogP contribution in [0.1, 0.15) is 55.8 Å². The molecule has 0 spiro atoms. The van der Waals surface area contributed by atoms with Gasteiger partial charge in [0.05, 0.1) is 19.7 Å². The van der Waals surface area contributed by atoms with Crippen molar-refractivity contribution < 1.29 is 9.47 Å². The lowest BCUT2D eigenvalue weighted by atomic mass is 9.95. The van der Waals surface area contributed by atoms with Gasteiger partial charge in [-0.25, -0.2) is 0 Å². The van der Waals surface area contributed by atoms with Gasteiger partial charge in [0.2, 0.25) is 0 Å². The maximum Gasteiger partial charge on any atom is 0.252 e. The number of pyridine rings is 2. The highest BCUT2D eigenvalue weighted by Gasteiger charge is 2.17. The van der Waals surface area contributed by atoms with Crippen molar-refractivity contribution in [3.8, 4) is 11.5 Å². The molecule has 0 unspecified atom stereocenters. The first kappa shape index (κ1) is 24.3. The number of hydrogen-bond acceptors (Lipinski definition) is 4. The molecule has 4 aromatic rings. The molecular formula is C28H34N2O3. The van der Waals surface area contributed by atoms with Crippen LogP contribution in [-0.2, 0) is 19.3 Å². The zero-order chi connectivity index (χ0) is 22.8. The molecule has 174 valence electrons. The van der Waals surface area contributed by atoms with Crippen LogP contribution in [0.15, 0.2) is 41.2 Å². The fourth-order valence-electron chi connectivity index (χ4n) is 4.43. The summed E-state index contributed by atoms with van der Waals surface area (Å²) in [4.78, 5) is 21.3. The first-order chi connectivity index (χ1) is 15.5. The standard InChI is InChI=1S/C27H30N2O3.CH4/c1-6-8-24-20-15-26(32-5)25(31-4)14-19(20)21(27(30)29-24)13-18-12-17-11-16(3)9-10-23(17)28-22(18)7-2;/h9-12,14-15H,6-8,13H2,1-5H3,(H,29,30);1H4. The van der Waals surface area contributed by atoms with Crippen molar-refractivity contribution in [3.63, 3.8) is 0 Å². The van der Waals surface area contributed by atoms with Crippen LogP contribution in [0.3, 0.4) is 0 Å². The number of fused-ring (bicyclic) bond motifs is 2. The molecule has 4 rings (SSSR count). The number of benzene rings is 2. The Bertz CT molecular complexity index is 1360. The van der Waals surface area contributed by atoms with E-state index in [1.165, 1.54) is 5.56 Å². The van der Waals surface area contributed by atoms with E-state index in [1.54, 1.807) is 14.2 Å². The van der Waals surface area contributed by atoms with Crippen molar-refractivity contribution >= 4 is 21.7 Å². The molecule has 0 bridgehead atoms.